The zero-order chi connectivity index (χ0) is 13.3. The van der Waals surface area contributed by atoms with Crippen LogP contribution in [0.15, 0.2) is 14.3 Å². The van der Waals surface area contributed by atoms with Crippen molar-refractivity contribution in [1.29, 1.82) is 0 Å². The normalized spacial score (nSPS) is 10.7. The third-order valence-corrected chi connectivity index (χ3v) is 6.52. The second-order valence-electron chi connectivity index (χ2n) is 3.38. The van der Waals surface area contributed by atoms with E-state index in [4.69, 9.17) is 4.74 Å². The Kier molecular flexibility index (Phi) is 4.58. The van der Waals surface area contributed by atoms with Crippen molar-refractivity contribution in [3.8, 4) is 9.88 Å². The molecule has 0 fully saturated rings. The molecule has 18 heavy (non-hydrogen) atoms. The lowest BCUT2D eigenvalue weighted by molar-refractivity contribution is 0.0519. The third kappa shape index (κ3) is 2.84. The van der Waals surface area contributed by atoms with Crippen LogP contribution in [-0.2, 0) is 4.74 Å². The molecule has 3 nitrogen and oxygen atoms in total. The molecule has 0 saturated heterocycles. The molecular weight excluding hydrogens is 402 g/mol. The first kappa shape index (κ1) is 14.2. The molecule has 0 bridgehead atoms. The molecule has 0 saturated carbocycles. The number of carbonyl (C=O) groups excluding carboxylic acids is 1. The van der Waals surface area contributed by atoms with E-state index in [0.29, 0.717) is 12.3 Å². The monoisotopic (exact) mass is 409 g/mol. The lowest BCUT2D eigenvalue weighted by atomic mass is 10.4. The van der Waals surface area contributed by atoms with Gasteiger partial charge in [0.1, 0.15) is 5.01 Å². The number of aromatic nitrogens is 1. The van der Waals surface area contributed by atoms with Crippen molar-refractivity contribution in [1.82, 2.24) is 4.98 Å². The van der Waals surface area contributed by atoms with Crippen molar-refractivity contribution in [3.63, 3.8) is 0 Å². The van der Waals surface area contributed by atoms with Gasteiger partial charge in [-0.3, -0.25) is 0 Å². The van der Waals surface area contributed by atoms with Gasteiger partial charge in [-0.1, -0.05) is 0 Å². The van der Waals surface area contributed by atoms with Gasteiger partial charge in [0.2, 0.25) is 0 Å². The number of aryl methyl sites for hydroxylation is 1. The fraction of sp³-hybridized carbons (Fsp3) is 0.273. The van der Waals surface area contributed by atoms with Crippen LogP contribution in [0.5, 0.6) is 0 Å². The van der Waals surface area contributed by atoms with Crippen molar-refractivity contribution in [3.05, 3.63) is 24.9 Å². The molecular formula is C11H9Br2NO2S2. The number of thiophene rings is 1. The molecule has 96 valence electrons. The molecule has 2 aromatic rings. The smallest absolute Gasteiger partial charge is 0.358 e. The Morgan fingerprint density at radius 2 is 2.17 bits per heavy atom. The van der Waals surface area contributed by atoms with Crippen LogP contribution in [0.4, 0.5) is 0 Å². The maximum atomic E-state index is 11.7. The molecule has 0 radical (unpaired) electrons. The SMILES string of the molecule is CCOC(=O)c1nc(-c2cc(Br)c(Br)s2)sc1C. The molecule has 0 amide bonds. The first-order chi connectivity index (χ1) is 8.52. The predicted molar refractivity (Wildman–Crippen MR) is 81.5 cm³/mol. The maximum Gasteiger partial charge on any atom is 0.358 e. The topological polar surface area (TPSA) is 39.2 Å². The van der Waals surface area contributed by atoms with E-state index in [0.717, 1.165) is 23.0 Å². The highest BCUT2D eigenvalue weighted by Gasteiger charge is 2.18. The van der Waals surface area contributed by atoms with Crippen molar-refractivity contribution in [2.75, 3.05) is 6.61 Å². The maximum absolute atomic E-state index is 11.7. The van der Waals surface area contributed by atoms with Gasteiger partial charge in [-0.2, -0.15) is 0 Å². The zero-order valence-electron chi connectivity index (χ0n) is 9.62. The number of thiazole rings is 1. The highest BCUT2D eigenvalue weighted by Crippen LogP contribution is 2.40. The minimum Gasteiger partial charge on any atom is -0.461 e. The number of carbonyl (C=O) groups is 1. The summed E-state index contributed by atoms with van der Waals surface area (Å²) in [7, 11) is 0. The number of ether oxygens (including phenoxy) is 1. The van der Waals surface area contributed by atoms with E-state index in [9.17, 15) is 4.79 Å². The largest absolute Gasteiger partial charge is 0.461 e. The second-order valence-corrected chi connectivity index (χ2v) is 7.80. The van der Waals surface area contributed by atoms with E-state index in [1.54, 1.807) is 18.3 Å². The summed E-state index contributed by atoms with van der Waals surface area (Å²) >= 11 is 9.97. The molecule has 2 rings (SSSR count). The first-order valence-corrected chi connectivity index (χ1v) is 8.34. The van der Waals surface area contributed by atoms with Gasteiger partial charge in [0.15, 0.2) is 5.69 Å². The van der Waals surface area contributed by atoms with Crippen LogP contribution >= 0.6 is 54.5 Å². The van der Waals surface area contributed by atoms with E-state index in [-0.39, 0.29) is 5.97 Å². The van der Waals surface area contributed by atoms with Crippen LogP contribution < -0.4 is 0 Å². The summed E-state index contributed by atoms with van der Waals surface area (Å²) < 4.78 is 6.99. The van der Waals surface area contributed by atoms with E-state index in [1.165, 1.54) is 11.3 Å². The van der Waals surface area contributed by atoms with Gasteiger partial charge < -0.3 is 4.74 Å². The Morgan fingerprint density at radius 1 is 1.44 bits per heavy atom. The van der Waals surface area contributed by atoms with Crippen molar-refractivity contribution in [2.45, 2.75) is 13.8 Å². The average molecular weight is 411 g/mol. The molecule has 0 atom stereocenters. The fourth-order valence-electron chi connectivity index (χ4n) is 1.34. The minimum atomic E-state index is -0.354. The first-order valence-electron chi connectivity index (χ1n) is 5.12. The summed E-state index contributed by atoms with van der Waals surface area (Å²) in [5.74, 6) is -0.354. The quantitative estimate of drug-likeness (QED) is 0.676. The van der Waals surface area contributed by atoms with Crippen LogP contribution in [0.1, 0.15) is 22.3 Å². The Balaban J connectivity index is 2.36. The van der Waals surface area contributed by atoms with Crippen LogP contribution in [0.3, 0.4) is 0 Å². The standard InChI is InChI=1S/C11H9Br2NO2S2/c1-3-16-11(15)8-5(2)17-10(14-8)7-4-6(12)9(13)18-7/h4H,3H2,1-2H3. The molecule has 0 spiro atoms. The van der Waals surface area contributed by atoms with Crippen molar-refractivity contribution in [2.24, 2.45) is 0 Å². The number of hydrogen-bond acceptors (Lipinski definition) is 5. The number of rotatable bonds is 3. The summed E-state index contributed by atoms with van der Waals surface area (Å²) in [6.45, 7) is 4.03. The van der Waals surface area contributed by atoms with Gasteiger partial charge in [-0.05, 0) is 51.8 Å². The summed E-state index contributed by atoms with van der Waals surface area (Å²) in [4.78, 5) is 18.0. The van der Waals surface area contributed by atoms with Crippen LogP contribution in [0, 0.1) is 6.92 Å². The van der Waals surface area contributed by atoms with E-state index in [1.807, 2.05) is 13.0 Å². The van der Waals surface area contributed by atoms with Crippen molar-refractivity contribution >= 4 is 60.5 Å². The minimum absolute atomic E-state index is 0.354. The van der Waals surface area contributed by atoms with Crippen molar-refractivity contribution < 1.29 is 9.53 Å². The molecule has 2 aromatic heterocycles. The Morgan fingerprint density at radius 3 is 2.72 bits per heavy atom. The molecule has 0 aliphatic rings. The van der Waals surface area contributed by atoms with Gasteiger partial charge in [0.05, 0.1) is 15.3 Å². The van der Waals surface area contributed by atoms with E-state index in [2.05, 4.69) is 36.8 Å². The summed E-state index contributed by atoms with van der Waals surface area (Å²) in [6, 6.07) is 1.99. The highest BCUT2D eigenvalue weighted by molar-refractivity contribution is 9.13. The van der Waals surface area contributed by atoms with Crippen LogP contribution in [-0.4, -0.2) is 17.6 Å². The molecule has 0 aliphatic carbocycles. The lowest BCUT2D eigenvalue weighted by Crippen LogP contribution is -2.06. The van der Waals surface area contributed by atoms with Gasteiger partial charge in [0.25, 0.3) is 0 Å². The lowest BCUT2D eigenvalue weighted by Gasteiger charge is -1.97. The summed E-state index contributed by atoms with van der Waals surface area (Å²) in [5.41, 5.74) is 0.414. The molecule has 0 aromatic carbocycles. The average Bonchev–Trinajstić information content (AvgIpc) is 2.84. The molecule has 0 unspecified atom stereocenters. The van der Waals surface area contributed by atoms with E-state index >= 15 is 0 Å². The fourth-order valence-corrected chi connectivity index (χ4v) is 4.32. The van der Waals surface area contributed by atoms with E-state index < -0.39 is 0 Å². The van der Waals surface area contributed by atoms with Crippen LogP contribution in [0.2, 0.25) is 0 Å². The summed E-state index contributed by atoms with van der Waals surface area (Å²) in [5, 5.41) is 0.840. The van der Waals surface area contributed by atoms with Gasteiger partial charge in [-0.25, -0.2) is 9.78 Å². The molecule has 0 aliphatic heterocycles. The predicted octanol–water partition coefficient (Wildman–Crippen LogP) is 4.88. The second kappa shape index (κ2) is 5.81. The Hall–Kier alpha value is -0.240. The Bertz CT molecular complexity index is 572. The van der Waals surface area contributed by atoms with Crippen LogP contribution in [0.25, 0.3) is 9.88 Å². The molecule has 7 heteroatoms. The number of hydrogen-bond donors (Lipinski definition) is 0. The Labute approximate surface area is 129 Å². The van der Waals surface area contributed by atoms with Gasteiger partial charge in [-0.15, -0.1) is 22.7 Å². The zero-order valence-corrected chi connectivity index (χ0v) is 14.4. The number of nitrogens with zero attached hydrogens (tertiary/aromatic N) is 1. The highest BCUT2D eigenvalue weighted by atomic mass is 79.9. The number of esters is 1. The molecule has 0 N–H and O–H groups in total. The third-order valence-electron chi connectivity index (χ3n) is 2.12. The summed E-state index contributed by atoms with van der Waals surface area (Å²) in [6.07, 6.45) is 0. The number of halogens is 2. The van der Waals surface area contributed by atoms with Gasteiger partial charge in [0, 0.05) is 9.35 Å². The van der Waals surface area contributed by atoms with Gasteiger partial charge >= 0.3 is 5.97 Å². The molecule has 2 heterocycles.